The van der Waals surface area contributed by atoms with Crippen molar-refractivity contribution < 1.29 is 14.7 Å². The van der Waals surface area contributed by atoms with Crippen molar-refractivity contribution in [3.05, 3.63) is 29.3 Å². The molecule has 1 spiro atoms. The largest absolute Gasteiger partial charge is 0.480 e. The highest BCUT2D eigenvalue weighted by Gasteiger charge is 2.51. The Morgan fingerprint density at radius 2 is 2.17 bits per heavy atom. The lowest BCUT2D eigenvalue weighted by Gasteiger charge is -2.34. The molecule has 90 valence electrons. The minimum Gasteiger partial charge on any atom is -0.480 e. The number of carbonyl (C=O) groups is 2. The third-order valence-electron chi connectivity index (χ3n) is 3.81. The van der Waals surface area contributed by atoms with Crippen molar-refractivity contribution in [3.63, 3.8) is 0 Å². The number of hydrogen-bond donors (Lipinski definition) is 1. The van der Waals surface area contributed by atoms with Gasteiger partial charge in [0.2, 0.25) is 0 Å². The minimum absolute atomic E-state index is 0.0475. The number of amides is 1. The summed E-state index contributed by atoms with van der Waals surface area (Å²) in [6, 6.07) is 5.26. The lowest BCUT2D eigenvalue weighted by atomic mass is 9.82. The normalized spacial score (nSPS) is 19.8. The number of rotatable bonds is 2. The molecule has 18 heavy (non-hydrogen) atoms. The molecule has 0 unspecified atom stereocenters. The van der Waals surface area contributed by atoms with Crippen LogP contribution in [0.5, 0.6) is 0 Å². The van der Waals surface area contributed by atoms with E-state index >= 15 is 0 Å². The highest BCUT2D eigenvalue weighted by molar-refractivity contribution is 6.32. The molecular weight excluding hydrogens is 229 g/mol. The zero-order valence-corrected chi connectivity index (χ0v) is 9.85. The number of benzene rings is 1. The molecule has 0 saturated heterocycles. The van der Waals surface area contributed by atoms with Gasteiger partial charge in [0, 0.05) is 17.5 Å². The molecular formula is C13H12BNO3. The molecule has 0 bridgehead atoms. The molecule has 1 N–H and O–H groups in total. The third kappa shape index (κ3) is 1.62. The van der Waals surface area contributed by atoms with Gasteiger partial charge in [-0.25, -0.2) is 0 Å². The molecule has 1 aromatic rings. The summed E-state index contributed by atoms with van der Waals surface area (Å²) in [7, 11) is 5.77. The van der Waals surface area contributed by atoms with E-state index in [4.69, 9.17) is 13.0 Å². The molecule has 2 radical (unpaired) electrons. The summed E-state index contributed by atoms with van der Waals surface area (Å²) in [4.78, 5) is 24.4. The average molecular weight is 241 g/mol. The van der Waals surface area contributed by atoms with E-state index < -0.39 is 5.97 Å². The van der Waals surface area contributed by atoms with Crippen LogP contribution >= 0.6 is 0 Å². The van der Waals surface area contributed by atoms with Crippen LogP contribution in [0.2, 0.25) is 0 Å². The van der Waals surface area contributed by atoms with Crippen molar-refractivity contribution in [1.82, 2.24) is 4.90 Å². The Balaban J connectivity index is 2.04. The van der Waals surface area contributed by atoms with Crippen molar-refractivity contribution >= 4 is 25.2 Å². The first kappa shape index (κ1) is 11.3. The highest BCUT2D eigenvalue weighted by Crippen LogP contribution is 2.51. The summed E-state index contributed by atoms with van der Waals surface area (Å²) in [6.07, 6.45) is 1.99. The first-order chi connectivity index (χ1) is 8.52. The standard InChI is InChI=1S/C13H12BNO3/c14-8-1-2-9-10(5-8)13(3-4-13)7-15(12(9)18)6-11(16)17/h1-2,5H,3-4,6-7H2,(H,16,17). The fourth-order valence-corrected chi connectivity index (χ4v) is 2.75. The van der Waals surface area contributed by atoms with Gasteiger partial charge in [0.25, 0.3) is 5.91 Å². The van der Waals surface area contributed by atoms with Crippen LogP contribution in [0.3, 0.4) is 0 Å². The molecule has 1 heterocycles. The Morgan fingerprint density at radius 3 is 2.78 bits per heavy atom. The predicted octanol–water partition coefficient (Wildman–Crippen LogP) is 0.0524. The van der Waals surface area contributed by atoms with Crippen molar-refractivity contribution in [1.29, 1.82) is 0 Å². The van der Waals surface area contributed by atoms with E-state index in [9.17, 15) is 9.59 Å². The molecule has 1 aromatic carbocycles. The number of hydrogen-bond acceptors (Lipinski definition) is 2. The molecule has 1 aliphatic heterocycles. The van der Waals surface area contributed by atoms with E-state index in [1.54, 1.807) is 12.1 Å². The summed E-state index contributed by atoms with van der Waals surface area (Å²) in [5.74, 6) is -1.18. The zero-order chi connectivity index (χ0) is 12.9. The SMILES string of the molecule is [B]c1ccc2c(c1)C1(CC1)CN(CC(=O)O)C2=O. The lowest BCUT2D eigenvalue weighted by molar-refractivity contribution is -0.137. The fourth-order valence-electron chi connectivity index (χ4n) is 2.75. The number of fused-ring (bicyclic) bond motifs is 2. The topological polar surface area (TPSA) is 57.6 Å². The van der Waals surface area contributed by atoms with Crippen molar-refractivity contribution in [2.24, 2.45) is 0 Å². The molecule has 3 rings (SSSR count). The summed E-state index contributed by atoms with van der Waals surface area (Å²) in [6.45, 7) is 0.263. The number of nitrogens with zero attached hydrogens (tertiary/aromatic N) is 1. The van der Waals surface area contributed by atoms with E-state index in [2.05, 4.69) is 0 Å². The molecule has 0 aromatic heterocycles. The van der Waals surface area contributed by atoms with Gasteiger partial charge in [0.05, 0.1) is 0 Å². The van der Waals surface area contributed by atoms with Gasteiger partial charge in [-0.2, -0.15) is 0 Å². The van der Waals surface area contributed by atoms with E-state index in [0.29, 0.717) is 17.6 Å². The van der Waals surface area contributed by atoms with Gasteiger partial charge in [-0.3, -0.25) is 9.59 Å². The molecule has 1 aliphatic carbocycles. The van der Waals surface area contributed by atoms with Gasteiger partial charge in [-0.1, -0.05) is 17.6 Å². The monoisotopic (exact) mass is 241 g/mol. The first-order valence-electron chi connectivity index (χ1n) is 5.93. The van der Waals surface area contributed by atoms with Gasteiger partial charge in [0.1, 0.15) is 14.4 Å². The smallest absolute Gasteiger partial charge is 0.323 e. The molecule has 5 heteroatoms. The van der Waals surface area contributed by atoms with Crippen LogP contribution in [0.1, 0.15) is 28.8 Å². The second-order valence-electron chi connectivity index (χ2n) is 5.14. The number of carboxylic acid groups (broad SMARTS) is 1. The molecule has 0 atom stereocenters. The van der Waals surface area contributed by atoms with Crippen LogP contribution in [-0.4, -0.2) is 42.8 Å². The molecule has 2 aliphatic rings. The number of carboxylic acids is 1. The molecule has 4 nitrogen and oxygen atoms in total. The van der Waals surface area contributed by atoms with Crippen molar-refractivity contribution in [3.8, 4) is 0 Å². The first-order valence-corrected chi connectivity index (χ1v) is 5.93. The van der Waals surface area contributed by atoms with Crippen LogP contribution in [-0.2, 0) is 10.2 Å². The Bertz CT molecular complexity index is 551. The van der Waals surface area contributed by atoms with Gasteiger partial charge >= 0.3 is 5.97 Å². The minimum atomic E-state index is -0.974. The van der Waals surface area contributed by atoms with E-state index in [1.165, 1.54) is 4.90 Å². The Kier molecular flexibility index (Phi) is 2.27. The van der Waals surface area contributed by atoms with E-state index in [0.717, 1.165) is 18.4 Å². The number of carbonyl (C=O) groups excluding carboxylic acids is 1. The van der Waals surface area contributed by atoms with E-state index in [1.807, 2.05) is 6.07 Å². The summed E-state index contributed by atoms with van der Waals surface area (Å²) in [5.41, 5.74) is 2.21. The fraction of sp³-hybridized carbons (Fsp3) is 0.385. The maximum absolute atomic E-state index is 12.2. The lowest BCUT2D eigenvalue weighted by Crippen LogP contribution is -2.46. The summed E-state index contributed by atoms with van der Waals surface area (Å²) < 4.78 is 0. The average Bonchev–Trinajstić information content (AvgIpc) is 3.06. The zero-order valence-electron chi connectivity index (χ0n) is 9.85. The number of aliphatic carboxylic acids is 1. The van der Waals surface area contributed by atoms with Crippen molar-refractivity contribution in [2.45, 2.75) is 18.3 Å². The summed E-state index contributed by atoms with van der Waals surface area (Å²) in [5, 5.41) is 8.85. The van der Waals surface area contributed by atoms with Crippen LogP contribution in [0.25, 0.3) is 0 Å². The third-order valence-corrected chi connectivity index (χ3v) is 3.81. The van der Waals surface area contributed by atoms with Crippen LogP contribution in [0.15, 0.2) is 18.2 Å². The maximum Gasteiger partial charge on any atom is 0.323 e. The summed E-state index contributed by atoms with van der Waals surface area (Å²) >= 11 is 0. The maximum atomic E-state index is 12.2. The second-order valence-corrected chi connectivity index (χ2v) is 5.14. The van der Waals surface area contributed by atoms with Crippen molar-refractivity contribution in [2.75, 3.05) is 13.1 Å². The molecule has 1 fully saturated rings. The van der Waals surface area contributed by atoms with Gasteiger partial charge in [-0.05, 0) is 24.5 Å². The molecule has 1 amide bonds. The van der Waals surface area contributed by atoms with Gasteiger partial charge in [-0.15, -0.1) is 0 Å². The Hall–Kier alpha value is -1.78. The van der Waals surface area contributed by atoms with Gasteiger partial charge < -0.3 is 10.0 Å². The second kappa shape index (κ2) is 3.61. The van der Waals surface area contributed by atoms with Gasteiger partial charge in [0.15, 0.2) is 0 Å². The Labute approximate surface area is 106 Å². The highest BCUT2D eigenvalue weighted by atomic mass is 16.4. The van der Waals surface area contributed by atoms with E-state index in [-0.39, 0.29) is 17.9 Å². The van der Waals surface area contributed by atoms with Crippen LogP contribution in [0, 0.1) is 0 Å². The molecule has 1 saturated carbocycles. The van der Waals surface area contributed by atoms with Crippen LogP contribution < -0.4 is 5.46 Å². The predicted molar refractivity (Wildman–Crippen MR) is 66.3 cm³/mol. The Morgan fingerprint density at radius 1 is 1.44 bits per heavy atom. The van der Waals surface area contributed by atoms with Crippen LogP contribution in [0.4, 0.5) is 0 Å². The quantitative estimate of drug-likeness (QED) is 0.744.